The number of halogens is 1. The van der Waals surface area contributed by atoms with Gasteiger partial charge in [-0.15, -0.1) is 24.0 Å². The summed E-state index contributed by atoms with van der Waals surface area (Å²) in [7, 11) is 0. The van der Waals surface area contributed by atoms with Crippen molar-refractivity contribution in [1.82, 2.24) is 20.5 Å². The van der Waals surface area contributed by atoms with Gasteiger partial charge in [-0.05, 0) is 49.8 Å². The van der Waals surface area contributed by atoms with E-state index in [4.69, 9.17) is 4.99 Å². The van der Waals surface area contributed by atoms with Gasteiger partial charge in [-0.2, -0.15) is 0 Å². The first-order valence-corrected chi connectivity index (χ1v) is 11.6. The molecule has 0 bridgehead atoms. The number of piperazine rings is 1. The van der Waals surface area contributed by atoms with Crippen LogP contribution in [-0.4, -0.2) is 73.4 Å². The van der Waals surface area contributed by atoms with E-state index in [1.54, 1.807) is 0 Å². The average molecular weight is 547 g/mol. The number of aliphatic hydroxyl groups excluding tert-OH is 1. The number of hydrogen-bond donors (Lipinski definition) is 3. The number of aliphatic hydroxyl groups is 1. The Kier molecular flexibility index (Phi) is 13.4. The summed E-state index contributed by atoms with van der Waals surface area (Å²) in [4.78, 5) is 14.3. The van der Waals surface area contributed by atoms with Crippen molar-refractivity contribution < 1.29 is 5.11 Å². The molecular weight excluding hydrogens is 503 g/mol. The predicted octanol–water partition coefficient (Wildman–Crippen LogP) is 3.09. The zero-order valence-corrected chi connectivity index (χ0v) is 22.2. The minimum Gasteiger partial charge on any atom is -0.396 e. The van der Waals surface area contributed by atoms with E-state index >= 15 is 0 Å². The number of hydrogen-bond acceptors (Lipinski definition) is 5. The van der Waals surface area contributed by atoms with Gasteiger partial charge in [-0.1, -0.05) is 26.8 Å². The van der Waals surface area contributed by atoms with E-state index in [0.717, 1.165) is 82.4 Å². The van der Waals surface area contributed by atoms with Crippen molar-refractivity contribution in [2.45, 2.75) is 53.5 Å². The molecule has 7 nitrogen and oxygen atoms in total. The maximum Gasteiger partial charge on any atom is 0.191 e. The van der Waals surface area contributed by atoms with E-state index in [2.05, 4.69) is 65.2 Å². The average Bonchev–Trinajstić information content (AvgIpc) is 2.80. The van der Waals surface area contributed by atoms with Gasteiger partial charge in [0, 0.05) is 52.1 Å². The Morgan fingerprint density at radius 2 is 1.81 bits per heavy atom. The molecule has 1 saturated heterocycles. The van der Waals surface area contributed by atoms with E-state index in [1.165, 1.54) is 0 Å². The second-order valence-corrected chi connectivity index (χ2v) is 8.18. The number of nitrogens with one attached hydrogen (secondary N) is 2. The van der Waals surface area contributed by atoms with Crippen molar-refractivity contribution >= 4 is 35.8 Å². The van der Waals surface area contributed by atoms with E-state index in [0.29, 0.717) is 6.54 Å². The Morgan fingerprint density at radius 3 is 2.32 bits per heavy atom. The number of rotatable bonds is 11. The van der Waals surface area contributed by atoms with Crippen LogP contribution in [0.2, 0.25) is 0 Å². The number of aromatic nitrogens is 1. The van der Waals surface area contributed by atoms with Gasteiger partial charge in [0.15, 0.2) is 5.96 Å². The van der Waals surface area contributed by atoms with Crippen molar-refractivity contribution in [2.24, 2.45) is 10.4 Å². The molecule has 0 atom stereocenters. The molecule has 0 aromatic carbocycles. The lowest BCUT2D eigenvalue weighted by atomic mass is 9.79. The summed E-state index contributed by atoms with van der Waals surface area (Å²) in [5.41, 5.74) is 1.21. The van der Waals surface area contributed by atoms with Crippen LogP contribution < -0.4 is 15.5 Å². The first-order chi connectivity index (χ1) is 14.6. The molecule has 0 unspecified atom stereocenters. The molecule has 2 heterocycles. The van der Waals surface area contributed by atoms with Gasteiger partial charge in [0.2, 0.25) is 0 Å². The summed E-state index contributed by atoms with van der Waals surface area (Å²) in [6, 6.07) is 4.25. The van der Waals surface area contributed by atoms with Gasteiger partial charge < -0.3 is 25.5 Å². The molecule has 1 fully saturated rings. The highest BCUT2D eigenvalue weighted by atomic mass is 127. The molecule has 1 aliphatic heterocycles. The monoisotopic (exact) mass is 546 g/mol. The van der Waals surface area contributed by atoms with Gasteiger partial charge in [0.1, 0.15) is 5.82 Å². The summed E-state index contributed by atoms with van der Waals surface area (Å²) in [5.74, 6) is 1.88. The van der Waals surface area contributed by atoms with Crippen LogP contribution >= 0.6 is 24.0 Å². The highest BCUT2D eigenvalue weighted by Gasteiger charge is 2.25. The number of guanidine groups is 1. The van der Waals surface area contributed by atoms with Gasteiger partial charge >= 0.3 is 0 Å². The molecule has 1 aliphatic rings. The van der Waals surface area contributed by atoms with Crippen LogP contribution in [0.1, 0.15) is 52.5 Å². The zero-order valence-electron chi connectivity index (χ0n) is 19.9. The number of nitrogens with zero attached hydrogens (tertiary/aromatic N) is 4. The van der Waals surface area contributed by atoms with Gasteiger partial charge in [0.25, 0.3) is 0 Å². The van der Waals surface area contributed by atoms with Crippen molar-refractivity contribution in [3.8, 4) is 0 Å². The maximum absolute atomic E-state index is 9.44. The minimum absolute atomic E-state index is 0. The van der Waals surface area contributed by atoms with Crippen LogP contribution in [0.3, 0.4) is 0 Å². The van der Waals surface area contributed by atoms with Crippen LogP contribution in [0.5, 0.6) is 0 Å². The molecule has 1 aromatic rings. The largest absolute Gasteiger partial charge is 0.396 e. The van der Waals surface area contributed by atoms with Crippen LogP contribution in [0.4, 0.5) is 5.82 Å². The van der Waals surface area contributed by atoms with E-state index in [1.807, 2.05) is 6.20 Å². The fourth-order valence-electron chi connectivity index (χ4n) is 3.95. The maximum atomic E-state index is 9.44. The smallest absolute Gasteiger partial charge is 0.191 e. The lowest BCUT2D eigenvalue weighted by Gasteiger charge is -2.34. The lowest BCUT2D eigenvalue weighted by molar-refractivity contribution is 0.169. The normalized spacial score (nSPS) is 15.5. The predicted molar refractivity (Wildman–Crippen MR) is 142 cm³/mol. The van der Waals surface area contributed by atoms with Gasteiger partial charge in [-0.25, -0.2) is 9.98 Å². The third kappa shape index (κ3) is 8.73. The van der Waals surface area contributed by atoms with Crippen LogP contribution in [0, 0.1) is 5.41 Å². The second kappa shape index (κ2) is 14.8. The molecule has 3 N–H and O–H groups in total. The number of likely N-dealkylation sites (N-methyl/N-ethyl adjacent to an activating group) is 1. The van der Waals surface area contributed by atoms with Crippen molar-refractivity contribution in [2.75, 3.05) is 57.3 Å². The van der Waals surface area contributed by atoms with Crippen molar-refractivity contribution in [3.05, 3.63) is 23.9 Å². The minimum atomic E-state index is 0. The summed E-state index contributed by atoms with van der Waals surface area (Å²) in [6.07, 6.45) is 4.83. The third-order valence-corrected chi connectivity index (χ3v) is 6.49. The number of anilines is 1. The van der Waals surface area contributed by atoms with E-state index in [-0.39, 0.29) is 36.0 Å². The summed E-state index contributed by atoms with van der Waals surface area (Å²) < 4.78 is 0. The van der Waals surface area contributed by atoms with Crippen LogP contribution in [-0.2, 0) is 6.54 Å². The highest BCUT2D eigenvalue weighted by molar-refractivity contribution is 14.0. The molecule has 178 valence electrons. The number of pyridine rings is 1. The molecule has 0 spiro atoms. The topological polar surface area (TPSA) is 76.0 Å². The standard InChI is InChI=1S/C23H42N6O.HI/c1-5-23(6-2,11-16-30)19-27-22(24-7-3)26-18-20-9-10-21(25-17-20)29-14-12-28(8-4)13-15-29;/h9-10,17,30H,5-8,11-16,18-19H2,1-4H3,(H2,24,26,27);1H. The lowest BCUT2D eigenvalue weighted by Crippen LogP contribution is -2.46. The fraction of sp³-hybridized carbons (Fsp3) is 0.739. The molecule has 0 saturated carbocycles. The summed E-state index contributed by atoms with van der Waals surface area (Å²) >= 11 is 0. The Labute approximate surface area is 206 Å². The Hall–Kier alpha value is -1.13. The third-order valence-electron chi connectivity index (χ3n) is 6.49. The SMILES string of the molecule is CCNC(=NCc1ccc(N2CCN(CC)CC2)nc1)NCC(CC)(CC)CCO.I. The van der Waals surface area contributed by atoms with Crippen LogP contribution in [0.25, 0.3) is 0 Å². The molecular formula is C23H43IN6O. The zero-order chi connectivity index (χ0) is 21.8. The van der Waals surface area contributed by atoms with E-state index < -0.39 is 0 Å². The fourth-order valence-corrected chi connectivity index (χ4v) is 3.95. The number of aliphatic imine (C=N–C) groups is 1. The Morgan fingerprint density at radius 1 is 1.10 bits per heavy atom. The van der Waals surface area contributed by atoms with Crippen molar-refractivity contribution in [3.63, 3.8) is 0 Å². The molecule has 0 radical (unpaired) electrons. The van der Waals surface area contributed by atoms with E-state index in [9.17, 15) is 5.11 Å². The first-order valence-electron chi connectivity index (χ1n) is 11.6. The quantitative estimate of drug-likeness (QED) is 0.225. The van der Waals surface area contributed by atoms with Gasteiger partial charge in [0.05, 0.1) is 6.54 Å². The second-order valence-electron chi connectivity index (χ2n) is 8.18. The molecule has 8 heteroatoms. The van der Waals surface area contributed by atoms with Crippen molar-refractivity contribution in [1.29, 1.82) is 0 Å². The summed E-state index contributed by atoms with van der Waals surface area (Å²) in [5, 5.41) is 16.3. The molecule has 2 rings (SSSR count). The Bertz CT molecular complexity index is 627. The highest BCUT2D eigenvalue weighted by Crippen LogP contribution is 2.29. The molecule has 1 aromatic heterocycles. The molecule has 31 heavy (non-hydrogen) atoms. The summed E-state index contributed by atoms with van der Waals surface area (Å²) in [6.45, 7) is 16.5. The molecule has 0 amide bonds. The first kappa shape index (κ1) is 27.9. The molecule has 0 aliphatic carbocycles. The van der Waals surface area contributed by atoms with Gasteiger partial charge in [-0.3, -0.25) is 0 Å². The Balaban J connectivity index is 0.00000480. The van der Waals surface area contributed by atoms with Crippen LogP contribution in [0.15, 0.2) is 23.3 Å².